The van der Waals surface area contributed by atoms with Crippen molar-refractivity contribution >= 4 is 15.9 Å². The van der Waals surface area contributed by atoms with Gasteiger partial charge in [0.25, 0.3) is 0 Å². The number of rotatable bonds is 8. The van der Waals surface area contributed by atoms with Gasteiger partial charge in [0.15, 0.2) is 11.5 Å². The number of nitrogens with zero attached hydrogens (tertiary/aromatic N) is 5. The molecule has 0 spiro atoms. The van der Waals surface area contributed by atoms with Gasteiger partial charge < -0.3 is 14.4 Å². The predicted octanol–water partition coefficient (Wildman–Crippen LogP) is 0.402. The molecular formula is C20H29N5O5S. The Morgan fingerprint density at radius 2 is 1.81 bits per heavy atom. The SMILES string of the molecule is COc1ccc(S(=O)(=O)N2CCN(CC(=O)N(C)Cc3cnn(C)c3)CC2)cc1OC. The zero-order chi connectivity index (χ0) is 22.6. The number of methoxy groups -OCH3 is 2. The molecule has 1 aromatic heterocycles. The molecule has 2 heterocycles. The highest BCUT2D eigenvalue weighted by atomic mass is 32.2. The molecule has 1 aliphatic heterocycles. The minimum atomic E-state index is -3.66. The van der Waals surface area contributed by atoms with Crippen LogP contribution in [0.1, 0.15) is 5.56 Å². The highest BCUT2D eigenvalue weighted by Crippen LogP contribution is 2.30. The zero-order valence-corrected chi connectivity index (χ0v) is 19.1. The third-order valence-corrected chi connectivity index (χ3v) is 7.18. The van der Waals surface area contributed by atoms with Crippen molar-refractivity contribution < 1.29 is 22.7 Å². The number of carbonyl (C=O) groups is 1. The summed E-state index contributed by atoms with van der Waals surface area (Å²) in [5.41, 5.74) is 0.962. The van der Waals surface area contributed by atoms with E-state index in [9.17, 15) is 13.2 Å². The lowest BCUT2D eigenvalue weighted by molar-refractivity contribution is -0.131. The number of sulfonamides is 1. The Hall–Kier alpha value is -2.63. The summed E-state index contributed by atoms with van der Waals surface area (Å²) in [5, 5.41) is 4.11. The minimum absolute atomic E-state index is 0.0138. The molecule has 0 bridgehead atoms. The van der Waals surface area contributed by atoms with Crippen molar-refractivity contribution in [1.29, 1.82) is 0 Å². The van der Waals surface area contributed by atoms with Crippen LogP contribution >= 0.6 is 0 Å². The number of piperazine rings is 1. The first kappa shape index (κ1) is 23.0. The highest BCUT2D eigenvalue weighted by Gasteiger charge is 2.30. The molecule has 0 radical (unpaired) electrons. The first-order chi connectivity index (χ1) is 14.7. The van der Waals surface area contributed by atoms with Gasteiger partial charge in [-0.05, 0) is 12.1 Å². The molecule has 1 aliphatic rings. The van der Waals surface area contributed by atoms with E-state index < -0.39 is 10.0 Å². The van der Waals surface area contributed by atoms with Gasteiger partial charge in [0, 0.05) is 64.6 Å². The molecule has 31 heavy (non-hydrogen) atoms. The number of amides is 1. The minimum Gasteiger partial charge on any atom is -0.493 e. The van der Waals surface area contributed by atoms with Crippen LogP contribution in [0.2, 0.25) is 0 Å². The van der Waals surface area contributed by atoms with E-state index in [1.165, 1.54) is 30.7 Å². The third kappa shape index (κ3) is 5.35. The first-order valence-electron chi connectivity index (χ1n) is 9.90. The Bertz CT molecular complexity index is 1010. The molecule has 0 aliphatic carbocycles. The molecule has 3 rings (SSSR count). The number of likely N-dealkylation sites (N-methyl/N-ethyl adjacent to an activating group) is 1. The molecule has 1 fully saturated rings. The van der Waals surface area contributed by atoms with Gasteiger partial charge in [-0.2, -0.15) is 9.40 Å². The number of aryl methyl sites for hydroxylation is 1. The average molecular weight is 452 g/mol. The summed E-state index contributed by atoms with van der Waals surface area (Å²) >= 11 is 0. The molecule has 10 nitrogen and oxygen atoms in total. The van der Waals surface area contributed by atoms with Gasteiger partial charge >= 0.3 is 0 Å². The molecule has 1 aromatic carbocycles. The second-order valence-electron chi connectivity index (χ2n) is 7.47. The summed E-state index contributed by atoms with van der Waals surface area (Å²) in [6.45, 7) is 2.34. The number of hydrogen-bond acceptors (Lipinski definition) is 7. The lowest BCUT2D eigenvalue weighted by Gasteiger charge is -2.34. The molecule has 11 heteroatoms. The molecule has 1 amide bonds. The Labute approximate surface area is 183 Å². The Morgan fingerprint density at radius 3 is 2.39 bits per heavy atom. The normalized spacial score (nSPS) is 15.6. The van der Waals surface area contributed by atoms with E-state index in [4.69, 9.17) is 9.47 Å². The van der Waals surface area contributed by atoms with Crippen molar-refractivity contribution in [2.45, 2.75) is 11.4 Å². The van der Waals surface area contributed by atoms with Crippen molar-refractivity contribution in [1.82, 2.24) is 23.9 Å². The standard InChI is InChI=1S/C20H29N5O5S/c1-22(13-16-12-21-23(2)14-16)20(26)15-24-7-9-25(10-8-24)31(27,28)17-5-6-18(29-3)19(11-17)30-4/h5-6,11-12,14H,7-10,13,15H2,1-4H3. The van der Waals surface area contributed by atoms with Crippen LogP contribution in [0.3, 0.4) is 0 Å². The van der Waals surface area contributed by atoms with Crippen molar-refractivity contribution in [2.24, 2.45) is 7.05 Å². The summed E-state index contributed by atoms with van der Waals surface area (Å²) in [5.74, 6) is 0.824. The van der Waals surface area contributed by atoms with Crippen LogP contribution in [-0.4, -0.2) is 92.2 Å². The molecule has 0 saturated carbocycles. The van der Waals surface area contributed by atoms with Crippen LogP contribution in [0.25, 0.3) is 0 Å². The largest absolute Gasteiger partial charge is 0.493 e. The highest BCUT2D eigenvalue weighted by molar-refractivity contribution is 7.89. The molecule has 0 unspecified atom stereocenters. The second-order valence-corrected chi connectivity index (χ2v) is 9.41. The van der Waals surface area contributed by atoms with Gasteiger partial charge in [0.1, 0.15) is 0 Å². The smallest absolute Gasteiger partial charge is 0.243 e. The van der Waals surface area contributed by atoms with Crippen LogP contribution in [-0.2, 0) is 28.4 Å². The van der Waals surface area contributed by atoms with Gasteiger partial charge in [0.05, 0.1) is 31.9 Å². The third-order valence-electron chi connectivity index (χ3n) is 5.29. The van der Waals surface area contributed by atoms with E-state index in [2.05, 4.69) is 5.10 Å². The van der Waals surface area contributed by atoms with Gasteiger partial charge in [-0.3, -0.25) is 14.4 Å². The van der Waals surface area contributed by atoms with E-state index in [0.717, 1.165) is 5.56 Å². The fraction of sp³-hybridized carbons (Fsp3) is 0.500. The number of ether oxygens (including phenoxy) is 2. The van der Waals surface area contributed by atoms with E-state index in [1.54, 1.807) is 28.9 Å². The van der Waals surface area contributed by atoms with Crippen molar-refractivity contribution in [3.8, 4) is 11.5 Å². The van der Waals surface area contributed by atoms with E-state index in [-0.39, 0.29) is 17.3 Å². The van der Waals surface area contributed by atoms with Crippen LogP contribution in [0.4, 0.5) is 0 Å². The fourth-order valence-electron chi connectivity index (χ4n) is 3.48. The summed E-state index contributed by atoms with van der Waals surface area (Å²) in [7, 11) is 2.90. The molecule has 2 aromatic rings. The summed E-state index contributed by atoms with van der Waals surface area (Å²) in [4.78, 5) is 16.3. The fourth-order valence-corrected chi connectivity index (χ4v) is 4.92. The summed E-state index contributed by atoms with van der Waals surface area (Å²) in [6, 6.07) is 4.57. The number of benzene rings is 1. The molecule has 0 N–H and O–H groups in total. The van der Waals surface area contributed by atoms with Gasteiger partial charge in [0.2, 0.25) is 15.9 Å². The Balaban J connectivity index is 1.56. The molecule has 1 saturated heterocycles. The van der Waals surface area contributed by atoms with Crippen LogP contribution in [0.5, 0.6) is 11.5 Å². The van der Waals surface area contributed by atoms with Crippen molar-refractivity contribution in [3.05, 3.63) is 36.2 Å². The summed E-state index contributed by atoms with van der Waals surface area (Å²) < 4.78 is 39.6. The Morgan fingerprint density at radius 1 is 1.13 bits per heavy atom. The van der Waals surface area contributed by atoms with Gasteiger partial charge in [-0.15, -0.1) is 0 Å². The number of carbonyl (C=O) groups excluding carboxylic acids is 1. The predicted molar refractivity (Wildman–Crippen MR) is 114 cm³/mol. The maximum absolute atomic E-state index is 13.0. The second kappa shape index (κ2) is 9.67. The van der Waals surface area contributed by atoms with Gasteiger partial charge in [-0.25, -0.2) is 8.42 Å². The van der Waals surface area contributed by atoms with Gasteiger partial charge in [-0.1, -0.05) is 0 Å². The van der Waals surface area contributed by atoms with E-state index in [1.807, 2.05) is 18.1 Å². The topological polar surface area (TPSA) is 97.2 Å². The van der Waals surface area contributed by atoms with Crippen molar-refractivity contribution in [2.75, 3.05) is 54.0 Å². The lowest BCUT2D eigenvalue weighted by atomic mass is 10.3. The maximum atomic E-state index is 13.0. The molecule has 170 valence electrons. The monoisotopic (exact) mass is 451 g/mol. The lowest BCUT2D eigenvalue weighted by Crippen LogP contribution is -2.51. The zero-order valence-electron chi connectivity index (χ0n) is 18.3. The number of hydrogen-bond donors (Lipinski definition) is 0. The average Bonchev–Trinajstić information content (AvgIpc) is 3.17. The van der Waals surface area contributed by atoms with Crippen LogP contribution in [0.15, 0.2) is 35.5 Å². The quantitative estimate of drug-likeness (QED) is 0.573. The maximum Gasteiger partial charge on any atom is 0.243 e. The van der Waals surface area contributed by atoms with Crippen molar-refractivity contribution in [3.63, 3.8) is 0 Å². The molecule has 0 atom stereocenters. The van der Waals surface area contributed by atoms with Crippen LogP contribution in [0, 0.1) is 0 Å². The summed E-state index contributed by atoms with van der Waals surface area (Å²) in [6.07, 6.45) is 3.61. The molecular weight excluding hydrogens is 422 g/mol. The van der Waals surface area contributed by atoms with E-state index >= 15 is 0 Å². The Kier molecular flexibility index (Phi) is 7.19. The first-order valence-corrected chi connectivity index (χ1v) is 11.3. The van der Waals surface area contributed by atoms with E-state index in [0.29, 0.717) is 44.2 Å². The number of aromatic nitrogens is 2. The van der Waals surface area contributed by atoms with Crippen LogP contribution < -0.4 is 9.47 Å².